The smallest absolute Gasteiger partial charge is 0.160 e. The summed E-state index contributed by atoms with van der Waals surface area (Å²) in [5.41, 5.74) is -1.65. The van der Waals surface area contributed by atoms with Gasteiger partial charge < -0.3 is 5.11 Å². The summed E-state index contributed by atoms with van der Waals surface area (Å²) in [6, 6.07) is 6.06. The number of aliphatic hydroxyl groups is 1. The highest BCUT2D eigenvalue weighted by atomic mass is 19.2. The maximum atomic E-state index is 14.6. The van der Waals surface area contributed by atoms with Crippen LogP contribution in [0.25, 0.3) is 5.69 Å². The number of hydrogen-bond acceptors (Lipinski definition) is 5. The normalized spacial score (nSPS) is 14.4. The second-order valence-electron chi connectivity index (χ2n) is 7.05. The average Bonchev–Trinajstić information content (AvgIpc) is 3.41. The van der Waals surface area contributed by atoms with E-state index in [1.807, 2.05) is 0 Å². The standard InChI is InChI=1S/C20H16F4N6O/c1-12(19-8-30(28-27-19)14-3-5-16(22)18(24)7-14)20(31,9-29-11-25-10-26-29)15-4-2-13(21)6-17(15)23/h2-8,10-12,31H,9H2,1H3/t12-,20+/m0/s1. The fourth-order valence-corrected chi connectivity index (χ4v) is 3.33. The molecule has 4 aromatic rings. The van der Waals surface area contributed by atoms with Gasteiger partial charge in [0.05, 0.1) is 24.1 Å². The Balaban J connectivity index is 1.75. The molecule has 0 radical (unpaired) electrons. The SMILES string of the molecule is C[C@@H](c1cn(-c2ccc(F)c(F)c2)nn1)[C@](O)(Cn1cncn1)c1ccc(F)cc1F. The van der Waals surface area contributed by atoms with Gasteiger partial charge in [0.25, 0.3) is 0 Å². The lowest BCUT2D eigenvalue weighted by molar-refractivity contribution is -0.0123. The van der Waals surface area contributed by atoms with Crippen molar-refractivity contribution in [1.29, 1.82) is 0 Å². The van der Waals surface area contributed by atoms with Crippen LogP contribution in [-0.2, 0) is 12.1 Å². The minimum absolute atomic E-state index is 0.167. The zero-order chi connectivity index (χ0) is 22.2. The molecule has 2 aromatic carbocycles. The molecule has 7 nitrogen and oxygen atoms in total. The predicted molar refractivity (Wildman–Crippen MR) is 100.0 cm³/mol. The first-order chi connectivity index (χ1) is 14.8. The first kappa shape index (κ1) is 20.7. The van der Waals surface area contributed by atoms with Crippen molar-refractivity contribution in [2.24, 2.45) is 0 Å². The summed E-state index contributed by atoms with van der Waals surface area (Å²) in [6.07, 6.45) is 4.01. The van der Waals surface area contributed by atoms with E-state index in [0.717, 1.165) is 24.3 Å². The van der Waals surface area contributed by atoms with Crippen LogP contribution < -0.4 is 0 Å². The highest BCUT2D eigenvalue weighted by Gasteiger charge is 2.41. The van der Waals surface area contributed by atoms with Crippen LogP contribution in [0, 0.1) is 23.3 Å². The summed E-state index contributed by atoms with van der Waals surface area (Å²) in [6.45, 7) is 1.37. The summed E-state index contributed by atoms with van der Waals surface area (Å²) in [4.78, 5) is 3.82. The van der Waals surface area contributed by atoms with Crippen LogP contribution in [0.3, 0.4) is 0 Å². The second-order valence-corrected chi connectivity index (χ2v) is 7.05. The molecule has 0 aliphatic rings. The van der Waals surface area contributed by atoms with Gasteiger partial charge in [-0.1, -0.05) is 18.2 Å². The second kappa shape index (κ2) is 7.91. The van der Waals surface area contributed by atoms with Crippen molar-refractivity contribution < 1.29 is 22.7 Å². The van der Waals surface area contributed by atoms with Gasteiger partial charge in [-0.3, -0.25) is 0 Å². The van der Waals surface area contributed by atoms with Gasteiger partial charge >= 0.3 is 0 Å². The van der Waals surface area contributed by atoms with E-state index < -0.39 is 34.8 Å². The summed E-state index contributed by atoms with van der Waals surface area (Å²) in [5, 5.41) is 23.4. The van der Waals surface area contributed by atoms with Gasteiger partial charge in [0.15, 0.2) is 11.6 Å². The molecule has 1 N–H and O–H groups in total. The van der Waals surface area contributed by atoms with Gasteiger partial charge in [-0.25, -0.2) is 31.9 Å². The molecule has 0 spiro atoms. The maximum absolute atomic E-state index is 14.6. The molecule has 160 valence electrons. The first-order valence-corrected chi connectivity index (χ1v) is 9.16. The van der Waals surface area contributed by atoms with Crippen molar-refractivity contribution in [3.05, 3.63) is 89.8 Å². The van der Waals surface area contributed by atoms with Gasteiger partial charge in [-0.15, -0.1) is 5.10 Å². The van der Waals surface area contributed by atoms with Gasteiger partial charge in [0.1, 0.15) is 29.9 Å². The van der Waals surface area contributed by atoms with E-state index >= 15 is 0 Å². The fourth-order valence-electron chi connectivity index (χ4n) is 3.33. The van der Waals surface area contributed by atoms with E-state index in [1.54, 1.807) is 6.92 Å². The quantitative estimate of drug-likeness (QED) is 0.474. The lowest BCUT2D eigenvalue weighted by atomic mass is 9.80. The molecule has 0 bridgehead atoms. The zero-order valence-corrected chi connectivity index (χ0v) is 16.1. The van der Waals surface area contributed by atoms with Crippen molar-refractivity contribution in [1.82, 2.24) is 29.8 Å². The van der Waals surface area contributed by atoms with Crippen molar-refractivity contribution in [2.45, 2.75) is 25.0 Å². The average molecular weight is 432 g/mol. The predicted octanol–water partition coefficient (Wildman–Crippen LogP) is 3.11. The molecule has 0 saturated carbocycles. The van der Waals surface area contributed by atoms with E-state index in [9.17, 15) is 22.7 Å². The van der Waals surface area contributed by atoms with Crippen LogP contribution in [0.15, 0.2) is 55.2 Å². The van der Waals surface area contributed by atoms with Crippen molar-refractivity contribution in [3.8, 4) is 5.69 Å². The molecule has 4 rings (SSSR count). The third kappa shape index (κ3) is 3.91. The molecule has 0 saturated heterocycles. The Hall–Kier alpha value is -3.60. The van der Waals surface area contributed by atoms with Crippen LogP contribution in [0.2, 0.25) is 0 Å². The molecule has 2 atom stereocenters. The molecule has 0 unspecified atom stereocenters. The van der Waals surface area contributed by atoms with Crippen molar-refractivity contribution >= 4 is 0 Å². The Labute approximate surface area is 173 Å². The molecule has 11 heteroatoms. The summed E-state index contributed by atoms with van der Waals surface area (Å²) in [5.74, 6) is -4.66. The van der Waals surface area contributed by atoms with Crippen molar-refractivity contribution in [3.63, 3.8) is 0 Å². The van der Waals surface area contributed by atoms with Gasteiger partial charge in [-0.05, 0) is 18.2 Å². The van der Waals surface area contributed by atoms with Crippen LogP contribution >= 0.6 is 0 Å². The molecule has 31 heavy (non-hydrogen) atoms. The van der Waals surface area contributed by atoms with E-state index in [0.29, 0.717) is 6.07 Å². The lowest BCUT2D eigenvalue weighted by Gasteiger charge is -2.33. The number of halogens is 4. The highest BCUT2D eigenvalue weighted by molar-refractivity contribution is 5.33. The molecule has 0 aliphatic heterocycles. The number of aromatic nitrogens is 6. The minimum atomic E-state index is -1.92. The van der Waals surface area contributed by atoms with Crippen LogP contribution in [-0.4, -0.2) is 34.9 Å². The fraction of sp³-hybridized carbons (Fsp3) is 0.200. The van der Waals surface area contributed by atoms with Gasteiger partial charge in [0, 0.05) is 23.6 Å². The third-order valence-corrected chi connectivity index (χ3v) is 5.11. The van der Waals surface area contributed by atoms with E-state index in [4.69, 9.17) is 0 Å². The van der Waals surface area contributed by atoms with Crippen LogP contribution in [0.4, 0.5) is 17.6 Å². The largest absolute Gasteiger partial charge is 0.382 e. The Morgan fingerprint density at radius 3 is 2.52 bits per heavy atom. The van der Waals surface area contributed by atoms with Crippen molar-refractivity contribution in [2.75, 3.05) is 0 Å². The number of hydrogen-bond donors (Lipinski definition) is 1. The van der Waals surface area contributed by atoms with E-state index in [2.05, 4.69) is 20.4 Å². The zero-order valence-electron chi connectivity index (χ0n) is 16.1. The van der Waals surface area contributed by atoms with Gasteiger partial charge in [-0.2, -0.15) is 5.10 Å². The first-order valence-electron chi connectivity index (χ1n) is 9.16. The molecule has 2 aromatic heterocycles. The Bertz CT molecular complexity index is 1210. The molecular weight excluding hydrogens is 416 g/mol. The summed E-state index contributed by atoms with van der Waals surface area (Å²) < 4.78 is 57.4. The Morgan fingerprint density at radius 2 is 1.84 bits per heavy atom. The Kier molecular flexibility index (Phi) is 5.27. The Morgan fingerprint density at radius 1 is 1.03 bits per heavy atom. The van der Waals surface area contributed by atoms with Crippen LogP contribution in [0.1, 0.15) is 24.1 Å². The molecule has 2 heterocycles. The lowest BCUT2D eigenvalue weighted by Crippen LogP contribution is -2.38. The molecular formula is C20H16F4N6O. The minimum Gasteiger partial charge on any atom is -0.382 e. The maximum Gasteiger partial charge on any atom is 0.160 e. The third-order valence-electron chi connectivity index (χ3n) is 5.11. The highest BCUT2D eigenvalue weighted by Crippen LogP contribution is 2.39. The molecule has 0 fully saturated rings. The molecule has 0 amide bonds. The van der Waals surface area contributed by atoms with Gasteiger partial charge in [0.2, 0.25) is 0 Å². The number of rotatable bonds is 6. The monoisotopic (exact) mass is 432 g/mol. The van der Waals surface area contributed by atoms with E-state index in [1.165, 1.54) is 34.3 Å². The summed E-state index contributed by atoms with van der Waals surface area (Å²) in [7, 11) is 0. The topological polar surface area (TPSA) is 81.6 Å². The van der Waals surface area contributed by atoms with Crippen LogP contribution in [0.5, 0.6) is 0 Å². The number of benzene rings is 2. The molecule has 0 aliphatic carbocycles. The van der Waals surface area contributed by atoms with E-state index in [-0.39, 0.29) is 23.5 Å². The summed E-state index contributed by atoms with van der Waals surface area (Å²) >= 11 is 0. The number of nitrogens with zero attached hydrogens (tertiary/aromatic N) is 6.